The average molecular weight is 276 g/mol. The van der Waals surface area contributed by atoms with Gasteiger partial charge in [-0.25, -0.2) is 9.78 Å². The van der Waals surface area contributed by atoms with E-state index in [9.17, 15) is 9.90 Å². The van der Waals surface area contributed by atoms with Crippen molar-refractivity contribution in [1.29, 1.82) is 0 Å². The Bertz CT molecular complexity index is 971. The molecule has 3 aromatic heterocycles. The lowest BCUT2D eigenvalue weighted by Gasteiger charge is -1.99. The molecule has 0 amide bonds. The number of benzene rings is 1. The maximum atomic E-state index is 11.6. The second kappa shape index (κ2) is 4.06. The summed E-state index contributed by atoms with van der Waals surface area (Å²) in [5.74, 6) is -0.928. The summed E-state index contributed by atoms with van der Waals surface area (Å²) in [6.45, 7) is 1.91. The molecule has 0 aliphatic carbocycles. The van der Waals surface area contributed by atoms with Crippen LogP contribution in [0.25, 0.3) is 27.8 Å². The topological polar surface area (TPSA) is 54.6 Å². The van der Waals surface area contributed by atoms with E-state index in [1.54, 1.807) is 6.07 Å². The Morgan fingerprint density at radius 1 is 1.14 bits per heavy atom. The van der Waals surface area contributed by atoms with Crippen molar-refractivity contribution in [3.63, 3.8) is 0 Å². The number of aryl methyl sites for hydroxylation is 1. The van der Waals surface area contributed by atoms with Crippen molar-refractivity contribution in [2.75, 3.05) is 0 Å². The quantitative estimate of drug-likeness (QED) is 0.608. The van der Waals surface area contributed by atoms with Gasteiger partial charge in [0, 0.05) is 11.3 Å². The number of aromatic nitrogens is 2. The minimum Gasteiger partial charge on any atom is -0.478 e. The summed E-state index contributed by atoms with van der Waals surface area (Å²) in [5.41, 5.74) is 5.47. The predicted octanol–water partition coefficient (Wildman–Crippen LogP) is 3.60. The number of carbonyl (C=O) groups is 1. The summed E-state index contributed by atoms with van der Waals surface area (Å²) in [6.07, 6.45) is 0. The monoisotopic (exact) mass is 276 g/mol. The maximum Gasteiger partial charge on any atom is 0.337 e. The van der Waals surface area contributed by atoms with Crippen LogP contribution < -0.4 is 0 Å². The van der Waals surface area contributed by atoms with Gasteiger partial charge >= 0.3 is 5.97 Å². The molecule has 0 unspecified atom stereocenters. The molecule has 0 spiro atoms. The van der Waals surface area contributed by atoms with Gasteiger partial charge in [0.25, 0.3) is 0 Å². The van der Waals surface area contributed by atoms with E-state index in [1.807, 2.05) is 53.8 Å². The largest absolute Gasteiger partial charge is 0.478 e. The van der Waals surface area contributed by atoms with Gasteiger partial charge in [-0.3, -0.25) is 4.40 Å². The van der Waals surface area contributed by atoms with Gasteiger partial charge in [0.05, 0.1) is 16.6 Å². The second-order valence-electron chi connectivity index (χ2n) is 5.15. The van der Waals surface area contributed by atoms with Crippen molar-refractivity contribution in [3.8, 4) is 11.1 Å². The molecular weight excluding hydrogens is 264 g/mol. The Kier molecular flexibility index (Phi) is 2.30. The van der Waals surface area contributed by atoms with E-state index in [0.29, 0.717) is 16.7 Å². The highest BCUT2D eigenvalue weighted by atomic mass is 16.4. The highest BCUT2D eigenvalue weighted by molar-refractivity contribution is 6.06. The zero-order valence-corrected chi connectivity index (χ0v) is 11.4. The zero-order chi connectivity index (χ0) is 14.6. The number of hydrogen-bond acceptors (Lipinski definition) is 2. The first kappa shape index (κ1) is 11.9. The van der Waals surface area contributed by atoms with Gasteiger partial charge in [-0.05, 0) is 30.7 Å². The fraction of sp³-hybridized carbons (Fsp3) is 0.0588. The highest BCUT2D eigenvalue weighted by Gasteiger charge is 2.21. The van der Waals surface area contributed by atoms with Crippen molar-refractivity contribution >= 4 is 22.6 Å². The van der Waals surface area contributed by atoms with Crippen LogP contribution in [0.3, 0.4) is 0 Å². The van der Waals surface area contributed by atoms with Gasteiger partial charge in [0.2, 0.25) is 0 Å². The van der Waals surface area contributed by atoms with E-state index in [2.05, 4.69) is 4.98 Å². The fourth-order valence-electron chi connectivity index (χ4n) is 2.92. The summed E-state index contributed by atoms with van der Waals surface area (Å²) >= 11 is 0. The van der Waals surface area contributed by atoms with Gasteiger partial charge in [-0.15, -0.1) is 0 Å². The van der Waals surface area contributed by atoms with Crippen molar-refractivity contribution in [1.82, 2.24) is 9.38 Å². The minimum atomic E-state index is -0.928. The third-order valence-electron chi connectivity index (χ3n) is 3.75. The summed E-state index contributed by atoms with van der Waals surface area (Å²) in [5, 5.41) is 9.49. The summed E-state index contributed by atoms with van der Waals surface area (Å²) < 4.78 is 1.92. The molecule has 0 atom stereocenters. The van der Waals surface area contributed by atoms with Crippen LogP contribution in [0.2, 0.25) is 0 Å². The van der Waals surface area contributed by atoms with Crippen LogP contribution in [0.15, 0.2) is 48.5 Å². The lowest BCUT2D eigenvalue weighted by Crippen LogP contribution is -1.94. The van der Waals surface area contributed by atoms with Gasteiger partial charge in [-0.2, -0.15) is 0 Å². The molecule has 4 heteroatoms. The molecule has 0 radical (unpaired) electrons. The van der Waals surface area contributed by atoms with E-state index in [-0.39, 0.29) is 0 Å². The molecule has 1 N–H and O–H groups in total. The molecule has 0 saturated carbocycles. The standard InChI is InChI=1S/C17H12N2O2/c1-10-7-12-8-13(11-5-3-2-4-6-11)16-14(17(20)21)9-15(18-10)19(12)16/h2-9H,1H3,(H,20,21). The molecule has 4 aromatic rings. The van der Waals surface area contributed by atoms with Crippen LogP contribution in [0.5, 0.6) is 0 Å². The van der Waals surface area contributed by atoms with Gasteiger partial charge < -0.3 is 5.11 Å². The molecule has 0 bridgehead atoms. The van der Waals surface area contributed by atoms with Crippen molar-refractivity contribution in [2.24, 2.45) is 0 Å². The van der Waals surface area contributed by atoms with Crippen molar-refractivity contribution in [2.45, 2.75) is 6.92 Å². The van der Waals surface area contributed by atoms with Crippen LogP contribution in [-0.4, -0.2) is 20.5 Å². The Morgan fingerprint density at radius 3 is 2.62 bits per heavy atom. The third kappa shape index (κ3) is 1.62. The molecule has 3 heterocycles. The minimum absolute atomic E-state index is 0.293. The number of nitrogens with zero attached hydrogens (tertiary/aromatic N) is 2. The van der Waals surface area contributed by atoms with E-state index < -0.39 is 5.97 Å². The molecule has 21 heavy (non-hydrogen) atoms. The third-order valence-corrected chi connectivity index (χ3v) is 3.75. The molecule has 0 aliphatic rings. The van der Waals surface area contributed by atoms with Crippen LogP contribution in [0.4, 0.5) is 0 Å². The number of carboxylic acid groups (broad SMARTS) is 1. The van der Waals surface area contributed by atoms with Crippen LogP contribution in [-0.2, 0) is 0 Å². The smallest absolute Gasteiger partial charge is 0.337 e. The van der Waals surface area contributed by atoms with E-state index in [0.717, 1.165) is 22.3 Å². The number of aromatic carboxylic acids is 1. The number of rotatable bonds is 2. The van der Waals surface area contributed by atoms with Gasteiger partial charge in [-0.1, -0.05) is 30.3 Å². The van der Waals surface area contributed by atoms with Gasteiger partial charge in [0.1, 0.15) is 5.65 Å². The highest BCUT2D eigenvalue weighted by Crippen LogP contribution is 2.34. The molecular formula is C17H12N2O2. The van der Waals surface area contributed by atoms with Crippen LogP contribution in [0.1, 0.15) is 16.1 Å². The zero-order valence-electron chi connectivity index (χ0n) is 11.4. The summed E-state index contributed by atoms with van der Waals surface area (Å²) in [6, 6.07) is 15.5. The number of hydrogen-bond donors (Lipinski definition) is 1. The SMILES string of the molecule is Cc1cc2cc(-c3ccccc3)c3c(C(=O)O)cc(n1)n23. The average Bonchev–Trinajstić information content (AvgIpc) is 3.02. The van der Waals surface area contributed by atoms with Crippen molar-refractivity contribution in [3.05, 3.63) is 59.8 Å². The van der Waals surface area contributed by atoms with Crippen molar-refractivity contribution < 1.29 is 9.90 Å². The maximum absolute atomic E-state index is 11.6. The molecule has 4 nitrogen and oxygen atoms in total. The van der Waals surface area contributed by atoms with E-state index in [1.165, 1.54) is 0 Å². The second-order valence-corrected chi connectivity index (χ2v) is 5.15. The van der Waals surface area contributed by atoms with E-state index >= 15 is 0 Å². The Hall–Kier alpha value is -2.88. The Morgan fingerprint density at radius 2 is 1.90 bits per heavy atom. The lowest BCUT2D eigenvalue weighted by atomic mass is 10.1. The van der Waals surface area contributed by atoms with E-state index in [4.69, 9.17) is 0 Å². The van der Waals surface area contributed by atoms with Crippen LogP contribution in [0, 0.1) is 6.92 Å². The number of carboxylic acids is 1. The normalized spacial score (nSPS) is 11.5. The Balaban J connectivity index is 2.19. The molecule has 0 aliphatic heterocycles. The summed E-state index contributed by atoms with van der Waals surface area (Å²) in [7, 11) is 0. The predicted molar refractivity (Wildman–Crippen MR) is 81.0 cm³/mol. The first-order valence-corrected chi connectivity index (χ1v) is 6.69. The Labute approximate surface area is 120 Å². The molecule has 102 valence electrons. The first-order chi connectivity index (χ1) is 10.1. The molecule has 0 saturated heterocycles. The van der Waals surface area contributed by atoms with Gasteiger partial charge in [0.15, 0.2) is 0 Å². The fourth-order valence-corrected chi connectivity index (χ4v) is 2.92. The molecule has 0 fully saturated rings. The van der Waals surface area contributed by atoms with Crippen LogP contribution >= 0.6 is 0 Å². The first-order valence-electron chi connectivity index (χ1n) is 6.69. The molecule has 1 aromatic carbocycles. The molecule has 4 rings (SSSR count). The summed E-state index contributed by atoms with van der Waals surface area (Å²) in [4.78, 5) is 16.0. The lowest BCUT2D eigenvalue weighted by molar-refractivity contribution is 0.0699.